The second-order valence-corrected chi connectivity index (χ2v) is 7.19. The Kier molecular flexibility index (Phi) is 4.64. The maximum atomic E-state index is 12.8. The van der Waals surface area contributed by atoms with Crippen molar-refractivity contribution < 1.29 is 13.2 Å². The topological polar surface area (TPSA) is 79.8 Å². The van der Waals surface area contributed by atoms with Crippen molar-refractivity contribution in [3.8, 4) is 5.75 Å². The minimum atomic E-state index is -3.87. The van der Waals surface area contributed by atoms with Crippen LogP contribution in [-0.2, 0) is 10.0 Å². The lowest BCUT2D eigenvalue weighted by molar-refractivity contribution is 0.403. The predicted molar refractivity (Wildman–Crippen MR) is 94.7 cm³/mol. The Morgan fingerprint density at radius 2 is 2.04 bits per heavy atom. The number of methoxy groups -OCH3 is 1. The fourth-order valence-corrected chi connectivity index (χ4v) is 3.93. The molecule has 0 bridgehead atoms. The number of amidine groups is 1. The summed E-state index contributed by atoms with van der Waals surface area (Å²) in [5.74, 6) is 0.895. The van der Waals surface area contributed by atoms with Crippen LogP contribution in [0.5, 0.6) is 5.75 Å². The van der Waals surface area contributed by atoms with Gasteiger partial charge in [0.05, 0.1) is 19.3 Å². The van der Waals surface area contributed by atoms with E-state index in [2.05, 4.69) is 15.0 Å². The highest BCUT2D eigenvalue weighted by atomic mass is 35.5. The Labute approximate surface area is 145 Å². The average molecular weight is 366 g/mol. The van der Waals surface area contributed by atoms with Gasteiger partial charge >= 0.3 is 0 Å². The zero-order valence-electron chi connectivity index (χ0n) is 12.9. The number of hydrogen-bond acceptors (Lipinski definition) is 5. The number of benzene rings is 2. The first-order valence-electron chi connectivity index (χ1n) is 7.25. The minimum absolute atomic E-state index is 0.0198. The second-order valence-electron chi connectivity index (χ2n) is 5.10. The quantitative estimate of drug-likeness (QED) is 0.853. The smallest absolute Gasteiger partial charge is 0.265 e. The van der Waals surface area contributed by atoms with Crippen LogP contribution in [0.2, 0.25) is 5.02 Å². The second kappa shape index (κ2) is 6.70. The lowest BCUT2D eigenvalue weighted by Gasteiger charge is -2.15. The molecule has 1 aliphatic heterocycles. The van der Waals surface area contributed by atoms with Gasteiger partial charge in [0.25, 0.3) is 10.0 Å². The van der Waals surface area contributed by atoms with E-state index in [1.165, 1.54) is 19.2 Å². The molecular formula is C16H16ClN3O3S. The molecule has 0 unspecified atom stereocenters. The molecule has 2 aromatic rings. The third-order valence-electron chi connectivity index (χ3n) is 3.52. The molecule has 0 amide bonds. The van der Waals surface area contributed by atoms with Crippen LogP contribution in [0.25, 0.3) is 0 Å². The van der Waals surface area contributed by atoms with E-state index in [9.17, 15) is 8.42 Å². The molecule has 3 rings (SSSR count). The van der Waals surface area contributed by atoms with E-state index < -0.39 is 10.0 Å². The highest BCUT2D eigenvalue weighted by Crippen LogP contribution is 2.29. The number of nitrogens with one attached hydrogen (secondary N) is 2. The Bertz CT molecular complexity index is 897. The molecule has 1 aliphatic rings. The van der Waals surface area contributed by atoms with Crippen LogP contribution >= 0.6 is 11.6 Å². The Morgan fingerprint density at radius 3 is 2.75 bits per heavy atom. The summed E-state index contributed by atoms with van der Waals surface area (Å²) in [5.41, 5.74) is 1.13. The molecule has 6 nitrogen and oxygen atoms in total. The first-order valence-corrected chi connectivity index (χ1v) is 9.11. The molecule has 2 N–H and O–H groups in total. The number of sulfonamides is 1. The molecule has 0 radical (unpaired) electrons. The first-order chi connectivity index (χ1) is 11.5. The molecule has 0 saturated heterocycles. The van der Waals surface area contributed by atoms with E-state index in [0.717, 1.165) is 6.54 Å². The summed E-state index contributed by atoms with van der Waals surface area (Å²) >= 11 is 5.94. The lowest BCUT2D eigenvalue weighted by Crippen LogP contribution is -2.22. The standard InChI is InChI=1S/C16H16ClN3O3S/c1-23-14-7-6-11(17)10-15(14)24(21,22)20-13-5-3-2-4-12(13)16-18-8-9-19-16/h2-7,10,20H,8-9H2,1H3,(H,18,19). The molecule has 1 heterocycles. The largest absolute Gasteiger partial charge is 0.495 e. The molecule has 0 aliphatic carbocycles. The number of ether oxygens (including phenoxy) is 1. The van der Waals surface area contributed by atoms with Crippen molar-refractivity contribution in [1.29, 1.82) is 0 Å². The SMILES string of the molecule is COc1ccc(Cl)cc1S(=O)(=O)Nc1ccccc1C1=NCCN1. The Hall–Kier alpha value is -2.25. The third-order valence-corrected chi connectivity index (χ3v) is 5.14. The van der Waals surface area contributed by atoms with E-state index >= 15 is 0 Å². The summed E-state index contributed by atoms with van der Waals surface area (Å²) in [6.07, 6.45) is 0. The summed E-state index contributed by atoms with van der Waals surface area (Å²) in [5, 5.41) is 3.45. The molecule has 0 atom stereocenters. The lowest BCUT2D eigenvalue weighted by atomic mass is 10.1. The first kappa shape index (κ1) is 16.6. The maximum absolute atomic E-state index is 12.8. The number of aliphatic imine (C=N–C) groups is 1. The fourth-order valence-electron chi connectivity index (χ4n) is 2.42. The van der Waals surface area contributed by atoms with Gasteiger partial charge in [0.15, 0.2) is 0 Å². The molecular weight excluding hydrogens is 350 g/mol. The van der Waals surface area contributed by atoms with E-state index in [4.69, 9.17) is 16.3 Å². The van der Waals surface area contributed by atoms with Gasteiger partial charge in [-0.1, -0.05) is 23.7 Å². The summed E-state index contributed by atoms with van der Waals surface area (Å²) in [6.45, 7) is 1.40. The predicted octanol–water partition coefficient (Wildman–Crippen LogP) is 2.50. The van der Waals surface area contributed by atoms with E-state index in [0.29, 0.717) is 28.7 Å². The zero-order chi connectivity index (χ0) is 17.2. The van der Waals surface area contributed by atoms with Gasteiger partial charge in [-0.15, -0.1) is 0 Å². The van der Waals surface area contributed by atoms with Crippen LogP contribution in [0, 0.1) is 0 Å². The van der Waals surface area contributed by atoms with Crippen molar-refractivity contribution in [2.45, 2.75) is 4.90 Å². The summed E-state index contributed by atoms with van der Waals surface area (Å²) in [4.78, 5) is 4.32. The molecule has 0 fully saturated rings. The van der Waals surface area contributed by atoms with E-state index in [1.54, 1.807) is 18.2 Å². The molecule has 2 aromatic carbocycles. The Morgan fingerprint density at radius 1 is 1.25 bits per heavy atom. The molecule has 24 heavy (non-hydrogen) atoms. The van der Waals surface area contributed by atoms with Crippen LogP contribution in [0.1, 0.15) is 5.56 Å². The van der Waals surface area contributed by atoms with Gasteiger partial charge in [0.2, 0.25) is 0 Å². The third kappa shape index (κ3) is 3.32. The van der Waals surface area contributed by atoms with Gasteiger partial charge in [-0.3, -0.25) is 9.71 Å². The monoisotopic (exact) mass is 365 g/mol. The zero-order valence-corrected chi connectivity index (χ0v) is 14.5. The molecule has 126 valence electrons. The van der Waals surface area contributed by atoms with Gasteiger partial charge < -0.3 is 10.1 Å². The van der Waals surface area contributed by atoms with Crippen molar-refractivity contribution in [1.82, 2.24) is 5.32 Å². The van der Waals surface area contributed by atoms with Crippen molar-refractivity contribution in [3.05, 3.63) is 53.1 Å². The molecule has 8 heteroatoms. The summed E-state index contributed by atoms with van der Waals surface area (Å²) in [6, 6.07) is 11.5. The maximum Gasteiger partial charge on any atom is 0.265 e. The van der Waals surface area contributed by atoms with Crippen molar-refractivity contribution >= 4 is 33.1 Å². The summed E-state index contributed by atoms with van der Waals surface area (Å²) in [7, 11) is -2.46. The van der Waals surface area contributed by atoms with Crippen LogP contribution in [0.4, 0.5) is 5.69 Å². The van der Waals surface area contributed by atoms with Gasteiger partial charge in [0.1, 0.15) is 16.5 Å². The van der Waals surface area contributed by atoms with Crippen LogP contribution in [-0.4, -0.2) is 34.5 Å². The minimum Gasteiger partial charge on any atom is -0.495 e. The number of para-hydroxylation sites is 1. The highest BCUT2D eigenvalue weighted by molar-refractivity contribution is 7.92. The van der Waals surface area contributed by atoms with Crippen molar-refractivity contribution in [2.75, 3.05) is 24.9 Å². The van der Waals surface area contributed by atoms with Crippen molar-refractivity contribution in [2.24, 2.45) is 4.99 Å². The Balaban J connectivity index is 2.01. The van der Waals surface area contributed by atoms with Gasteiger partial charge in [-0.25, -0.2) is 8.42 Å². The van der Waals surface area contributed by atoms with Gasteiger partial charge in [-0.2, -0.15) is 0 Å². The normalized spacial score (nSPS) is 14.0. The number of nitrogens with zero attached hydrogens (tertiary/aromatic N) is 1. The van der Waals surface area contributed by atoms with Gasteiger partial charge in [-0.05, 0) is 30.3 Å². The summed E-state index contributed by atoms with van der Waals surface area (Å²) < 4.78 is 33.3. The van der Waals surface area contributed by atoms with Crippen molar-refractivity contribution in [3.63, 3.8) is 0 Å². The number of rotatable bonds is 5. The highest BCUT2D eigenvalue weighted by Gasteiger charge is 2.22. The number of halogens is 1. The average Bonchev–Trinajstić information content (AvgIpc) is 3.09. The molecule has 0 saturated carbocycles. The fraction of sp³-hybridized carbons (Fsp3) is 0.188. The van der Waals surface area contributed by atoms with E-state index in [-0.39, 0.29) is 10.6 Å². The van der Waals surface area contributed by atoms with Crippen LogP contribution < -0.4 is 14.8 Å². The van der Waals surface area contributed by atoms with Crippen LogP contribution in [0.15, 0.2) is 52.4 Å². The number of hydrogen-bond donors (Lipinski definition) is 2. The van der Waals surface area contributed by atoms with Gasteiger partial charge in [0, 0.05) is 17.1 Å². The van der Waals surface area contributed by atoms with E-state index in [1.807, 2.05) is 12.1 Å². The molecule has 0 spiro atoms. The number of anilines is 1. The van der Waals surface area contributed by atoms with Crippen LogP contribution in [0.3, 0.4) is 0 Å². The molecule has 0 aromatic heterocycles.